The number of non-ortho nitro benzene ring substituents is 1. The number of aryl methyl sites for hydroxylation is 1. The summed E-state index contributed by atoms with van der Waals surface area (Å²) in [6.45, 7) is 2.75. The van der Waals surface area contributed by atoms with Crippen molar-refractivity contribution in [3.63, 3.8) is 0 Å². The summed E-state index contributed by atoms with van der Waals surface area (Å²) in [4.78, 5) is 62.4. The number of benzene rings is 1. The van der Waals surface area contributed by atoms with Crippen LogP contribution in [-0.4, -0.2) is 47.7 Å². The third kappa shape index (κ3) is 8.01. The molecule has 2 aromatic rings. The minimum Gasteiger partial charge on any atom is -0.383 e. The number of phosphoric ester groups is 1. The number of nitrogens with zero attached hydrogens (tertiary/aromatic N) is 4. The number of nitrogens with two attached hydrogens (primary N) is 1. The average molecular weight is 511 g/mol. The van der Waals surface area contributed by atoms with Gasteiger partial charge >= 0.3 is 7.82 Å². The van der Waals surface area contributed by atoms with Crippen LogP contribution >= 0.6 is 19.6 Å². The summed E-state index contributed by atoms with van der Waals surface area (Å²) in [5.41, 5.74) is 6.63. The summed E-state index contributed by atoms with van der Waals surface area (Å²) >= 11 is 0.706. The van der Waals surface area contributed by atoms with Gasteiger partial charge in [-0.1, -0.05) is 0 Å². The Hall–Kier alpha value is -3.16. The Morgan fingerprint density at radius 1 is 1.35 bits per heavy atom. The minimum absolute atomic E-state index is 0.0173. The van der Waals surface area contributed by atoms with Crippen LogP contribution < -0.4 is 5.73 Å². The first-order chi connectivity index (χ1) is 15.9. The minimum atomic E-state index is -4.75. The summed E-state index contributed by atoms with van der Waals surface area (Å²) in [5, 5.41) is 10.3. The van der Waals surface area contributed by atoms with Crippen molar-refractivity contribution in [3.05, 3.63) is 68.1 Å². The molecule has 1 heterocycles. The maximum absolute atomic E-state index is 12.8. The molecular weight excluding hydrogens is 489 g/mol. The van der Waals surface area contributed by atoms with Gasteiger partial charge in [0.05, 0.1) is 18.1 Å². The second-order valence-electron chi connectivity index (χ2n) is 6.84. The summed E-state index contributed by atoms with van der Waals surface area (Å²) in [6.07, 6.45) is 1.87. The number of amides is 1. The third-order valence-electron chi connectivity index (χ3n) is 4.44. The molecule has 0 fully saturated rings. The Balaban J connectivity index is 2.33. The molecule has 0 atom stereocenters. The van der Waals surface area contributed by atoms with Gasteiger partial charge in [0.15, 0.2) is 0 Å². The first-order valence-electron chi connectivity index (χ1n) is 9.57. The van der Waals surface area contributed by atoms with Crippen LogP contribution in [0.4, 0.5) is 11.5 Å². The van der Waals surface area contributed by atoms with Crippen LogP contribution in [0.5, 0.6) is 0 Å². The second-order valence-corrected chi connectivity index (χ2v) is 9.14. The molecule has 0 aliphatic carbocycles. The number of carbonyl (C=O) groups is 2. The number of hydrogen-bond donors (Lipinski definition) is 3. The van der Waals surface area contributed by atoms with E-state index in [0.29, 0.717) is 35.3 Å². The Labute approximate surface area is 198 Å². The van der Waals surface area contributed by atoms with Gasteiger partial charge in [0.1, 0.15) is 11.6 Å². The predicted molar refractivity (Wildman–Crippen MR) is 123 cm³/mol. The number of anilines is 1. The normalized spacial score (nSPS) is 12.1. The van der Waals surface area contributed by atoms with E-state index in [2.05, 4.69) is 14.5 Å². The fourth-order valence-electron chi connectivity index (χ4n) is 2.67. The molecule has 0 saturated carbocycles. The third-order valence-corrected chi connectivity index (χ3v) is 6.13. The molecular formula is C19H22N5O8PS. The van der Waals surface area contributed by atoms with Crippen LogP contribution in [0.3, 0.4) is 0 Å². The van der Waals surface area contributed by atoms with Gasteiger partial charge in [-0.25, -0.2) is 14.5 Å². The zero-order valence-electron chi connectivity index (χ0n) is 18.2. The monoisotopic (exact) mass is 511 g/mol. The molecule has 0 bridgehead atoms. The van der Waals surface area contributed by atoms with E-state index in [9.17, 15) is 24.3 Å². The number of nitrogen functional groups attached to an aromatic ring is 1. The fourth-order valence-corrected chi connectivity index (χ4v) is 3.92. The number of hydrogen-bond acceptors (Lipinski definition) is 10. The van der Waals surface area contributed by atoms with Gasteiger partial charge in [-0.15, -0.1) is 0 Å². The van der Waals surface area contributed by atoms with Crippen molar-refractivity contribution in [2.75, 3.05) is 12.3 Å². The summed E-state index contributed by atoms with van der Waals surface area (Å²) in [5.74, 6) is 0.624. The van der Waals surface area contributed by atoms with Crippen molar-refractivity contribution in [2.24, 2.45) is 0 Å². The van der Waals surface area contributed by atoms with Crippen molar-refractivity contribution >= 4 is 42.6 Å². The molecule has 1 amide bonds. The zero-order valence-corrected chi connectivity index (χ0v) is 19.9. The Morgan fingerprint density at radius 2 is 2.00 bits per heavy atom. The fraction of sp³-hybridized carbons (Fsp3) is 0.263. The lowest BCUT2D eigenvalue weighted by atomic mass is 10.2. The molecule has 2 rings (SSSR count). The first-order valence-corrected chi connectivity index (χ1v) is 11.9. The highest BCUT2D eigenvalue weighted by atomic mass is 32.2. The molecule has 1 aromatic heterocycles. The lowest BCUT2D eigenvalue weighted by Crippen LogP contribution is -2.22. The lowest BCUT2D eigenvalue weighted by Gasteiger charge is -2.22. The van der Waals surface area contributed by atoms with Crippen molar-refractivity contribution in [2.45, 2.75) is 26.8 Å². The van der Waals surface area contributed by atoms with Gasteiger partial charge in [-0.2, -0.15) is 0 Å². The number of allylic oxidation sites excluding steroid dienone is 1. The lowest BCUT2D eigenvalue weighted by molar-refractivity contribution is -0.384. The number of carbonyl (C=O) groups excluding carboxylic acids is 2. The van der Waals surface area contributed by atoms with Crippen LogP contribution in [0, 0.1) is 17.0 Å². The van der Waals surface area contributed by atoms with Crippen molar-refractivity contribution in [3.8, 4) is 0 Å². The number of nitro benzene ring substituents is 1. The number of phosphoric acid groups is 1. The molecule has 0 aliphatic heterocycles. The zero-order chi connectivity index (χ0) is 25.5. The van der Waals surface area contributed by atoms with Gasteiger partial charge < -0.3 is 20.4 Å². The van der Waals surface area contributed by atoms with Gasteiger partial charge in [-0.3, -0.25) is 24.2 Å². The summed E-state index contributed by atoms with van der Waals surface area (Å²) in [7, 11) is -4.75. The Bertz CT molecular complexity index is 1150. The van der Waals surface area contributed by atoms with E-state index in [1.807, 2.05) is 0 Å². The molecule has 34 heavy (non-hydrogen) atoms. The number of aromatic nitrogens is 2. The highest BCUT2D eigenvalue weighted by Crippen LogP contribution is 2.37. The molecule has 13 nitrogen and oxygen atoms in total. The summed E-state index contributed by atoms with van der Waals surface area (Å²) in [6, 6.07) is 4.93. The van der Waals surface area contributed by atoms with Gasteiger partial charge in [0.25, 0.3) is 5.69 Å². The molecule has 15 heteroatoms. The van der Waals surface area contributed by atoms with E-state index in [-0.39, 0.29) is 34.9 Å². The molecule has 0 aliphatic rings. The van der Waals surface area contributed by atoms with Crippen molar-refractivity contribution < 1.29 is 33.4 Å². The quantitative estimate of drug-likeness (QED) is 0.173. The van der Waals surface area contributed by atoms with E-state index in [1.165, 1.54) is 35.4 Å². The van der Waals surface area contributed by atoms with E-state index < -0.39 is 24.5 Å². The van der Waals surface area contributed by atoms with Crippen molar-refractivity contribution in [1.82, 2.24) is 14.9 Å². The van der Waals surface area contributed by atoms with Crippen LogP contribution in [0.25, 0.3) is 0 Å². The smallest absolute Gasteiger partial charge is 0.383 e. The highest BCUT2D eigenvalue weighted by Gasteiger charge is 2.20. The number of rotatable bonds is 11. The molecule has 0 unspecified atom stereocenters. The highest BCUT2D eigenvalue weighted by molar-refractivity contribution is 8.17. The van der Waals surface area contributed by atoms with Gasteiger partial charge in [0.2, 0.25) is 11.5 Å². The molecule has 0 radical (unpaired) electrons. The molecule has 1 aromatic carbocycles. The van der Waals surface area contributed by atoms with E-state index in [4.69, 9.17) is 15.5 Å². The van der Waals surface area contributed by atoms with E-state index in [0.717, 1.165) is 0 Å². The van der Waals surface area contributed by atoms with Crippen molar-refractivity contribution in [1.29, 1.82) is 0 Å². The standard InChI is InChI=1S/C19H22N5O8PS/c1-12(23(11-25)10-15-9-21-13(2)22-18(15)20)17(7-8-32-33(29,30)31)34-19(26)14-3-5-16(6-4-14)24(27)28/h3-6,9,11H,7-8,10H2,1-2H3,(H2,20,21,22)(H2,29,30,31). The average Bonchev–Trinajstić information content (AvgIpc) is 2.76. The van der Waals surface area contributed by atoms with Gasteiger partial charge in [0, 0.05) is 46.5 Å². The van der Waals surface area contributed by atoms with Crippen LogP contribution in [0.1, 0.15) is 35.1 Å². The SMILES string of the molecule is CC(=C(CCOP(=O)(O)O)SC(=O)c1ccc([N+](=O)[O-])cc1)N(C=O)Cc1cnc(C)nc1N. The van der Waals surface area contributed by atoms with Crippen LogP contribution in [-0.2, 0) is 20.4 Å². The number of thioether (sulfide) groups is 1. The molecule has 0 spiro atoms. The molecule has 182 valence electrons. The van der Waals surface area contributed by atoms with Gasteiger partial charge in [-0.05, 0) is 37.7 Å². The maximum atomic E-state index is 12.8. The largest absolute Gasteiger partial charge is 0.469 e. The van der Waals surface area contributed by atoms with E-state index in [1.54, 1.807) is 13.8 Å². The first kappa shape index (κ1) is 27.1. The predicted octanol–water partition coefficient (Wildman–Crippen LogP) is 2.54. The number of nitro groups is 1. The summed E-state index contributed by atoms with van der Waals surface area (Å²) < 4.78 is 15.5. The molecule has 0 saturated heterocycles. The second kappa shape index (κ2) is 11.8. The van der Waals surface area contributed by atoms with Crippen LogP contribution in [0.2, 0.25) is 0 Å². The Kier molecular flexibility index (Phi) is 9.41. The van der Waals surface area contributed by atoms with E-state index >= 15 is 0 Å². The molecule has 4 N–H and O–H groups in total. The maximum Gasteiger partial charge on any atom is 0.469 e. The Morgan fingerprint density at radius 3 is 2.53 bits per heavy atom. The van der Waals surface area contributed by atoms with Crippen LogP contribution in [0.15, 0.2) is 41.1 Å². The topological polar surface area (TPSA) is 199 Å².